The summed E-state index contributed by atoms with van der Waals surface area (Å²) in [4.78, 5) is 28.4. The molecule has 0 aliphatic rings. The zero-order valence-electron chi connectivity index (χ0n) is 15.8. The van der Waals surface area contributed by atoms with Gasteiger partial charge in [0.25, 0.3) is 5.91 Å². The Hall–Kier alpha value is -3.45. The Morgan fingerprint density at radius 2 is 1.77 bits per heavy atom. The Labute approximate surface area is 181 Å². The molecule has 1 atom stereocenters. The van der Waals surface area contributed by atoms with E-state index in [2.05, 4.69) is 26.2 Å². The Kier molecular flexibility index (Phi) is 5.63. The lowest BCUT2D eigenvalue weighted by Gasteiger charge is -2.18. The summed E-state index contributed by atoms with van der Waals surface area (Å²) in [6.45, 7) is 0. The first-order valence-corrected chi connectivity index (χ1v) is 10.1. The third kappa shape index (κ3) is 4.26. The zero-order valence-corrected chi connectivity index (χ0v) is 17.4. The van der Waals surface area contributed by atoms with Gasteiger partial charge in [-0.3, -0.25) is 9.59 Å². The van der Waals surface area contributed by atoms with Crippen LogP contribution in [0.1, 0.15) is 28.4 Å². The number of rotatable bonds is 6. The first-order valence-electron chi connectivity index (χ1n) is 9.31. The summed E-state index contributed by atoms with van der Waals surface area (Å²) in [5.41, 5.74) is 3.54. The number of hydrogen-bond donors (Lipinski definition) is 2. The Bertz CT molecular complexity index is 1200. The lowest BCUT2D eigenvalue weighted by Crippen LogP contribution is -2.14. The molecule has 3 aromatic carbocycles. The first-order chi connectivity index (χ1) is 14.5. The van der Waals surface area contributed by atoms with E-state index in [1.165, 1.54) is 0 Å². The second kappa shape index (κ2) is 8.51. The number of halogens is 1. The van der Waals surface area contributed by atoms with Crippen LogP contribution in [0.25, 0.3) is 11.0 Å². The van der Waals surface area contributed by atoms with Crippen molar-refractivity contribution >= 4 is 44.5 Å². The van der Waals surface area contributed by atoms with Gasteiger partial charge in [-0.1, -0.05) is 46.3 Å². The molecule has 7 heteroatoms. The topological polar surface area (TPSA) is 84.2 Å². The summed E-state index contributed by atoms with van der Waals surface area (Å²) >= 11 is 3.36. The van der Waals surface area contributed by atoms with E-state index in [0.717, 1.165) is 15.6 Å². The molecule has 1 heterocycles. The minimum absolute atomic E-state index is 0.0580. The van der Waals surface area contributed by atoms with Gasteiger partial charge in [-0.15, -0.1) is 0 Å². The highest BCUT2D eigenvalue weighted by Crippen LogP contribution is 2.28. The molecular weight excluding hydrogens is 446 g/mol. The zero-order chi connectivity index (χ0) is 21.1. The smallest absolute Gasteiger partial charge is 0.305 e. The second-order valence-electron chi connectivity index (χ2n) is 6.84. The number of anilines is 1. The Morgan fingerprint density at radius 1 is 1.03 bits per heavy atom. The average molecular weight is 464 g/mol. The number of amides is 1. The summed E-state index contributed by atoms with van der Waals surface area (Å²) in [5, 5.41) is 12.3. The van der Waals surface area contributed by atoms with Gasteiger partial charge in [0.1, 0.15) is 0 Å². The molecule has 0 saturated carbocycles. The van der Waals surface area contributed by atoms with Crippen molar-refractivity contribution in [2.45, 2.75) is 12.5 Å². The molecule has 0 aliphatic carbocycles. The molecule has 0 fully saturated rings. The van der Waals surface area contributed by atoms with Crippen LogP contribution in [0.3, 0.4) is 0 Å². The number of carboxylic acids is 1. The molecule has 30 heavy (non-hydrogen) atoms. The van der Waals surface area contributed by atoms with E-state index in [1.54, 1.807) is 30.6 Å². The van der Waals surface area contributed by atoms with Gasteiger partial charge in [-0.2, -0.15) is 0 Å². The van der Waals surface area contributed by atoms with Crippen LogP contribution in [0.4, 0.5) is 5.69 Å². The second-order valence-corrected chi connectivity index (χ2v) is 7.76. The summed E-state index contributed by atoms with van der Waals surface area (Å²) in [6, 6.07) is 21.6. The first kappa shape index (κ1) is 19.8. The molecule has 0 saturated heterocycles. The fourth-order valence-corrected chi connectivity index (χ4v) is 3.64. The predicted octanol–water partition coefficient (Wildman–Crippen LogP) is 5.12. The summed E-state index contributed by atoms with van der Waals surface area (Å²) < 4.78 is 2.76. The molecule has 150 valence electrons. The van der Waals surface area contributed by atoms with Crippen LogP contribution in [0.15, 0.2) is 83.6 Å². The Balaban J connectivity index is 1.63. The van der Waals surface area contributed by atoms with Crippen molar-refractivity contribution in [1.82, 2.24) is 9.55 Å². The van der Waals surface area contributed by atoms with Crippen molar-refractivity contribution in [3.05, 3.63) is 94.7 Å². The van der Waals surface area contributed by atoms with E-state index in [0.29, 0.717) is 16.8 Å². The van der Waals surface area contributed by atoms with Crippen LogP contribution < -0.4 is 5.32 Å². The van der Waals surface area contributed by atoms with Crippen LogP contribution in [-0.4, -0.2) is 26.5 Å². The Morgan fingerprint density at radius 3 is 2.47 bits per heavy atom. The maximum Gasteiger partial charge on any atom is 0.305 e. The van der Waals surface area contributed by atoms with Crippen molar-refractivity contribution in [2.24, 2.45) is 0 Å². The summed E-state index contributed by atoms with van der Waals surface area (Å²) in [6.07, 6.45) is 1.59. The van der Waals surface area contributed by atoms with E-state index >= 15 is 0 Å². The number of hydrogen-bond acceptors (Lipinski definition) is 3. The SMILES string of the molecule is O=C(O)CC(c1ccccc1)n1cnc2cc(NC(=O)c3ccc(Br)cc3)ccc21. The van der Waals surface area contributed by atoms with Gasteiger partial charge in [0.15, 0.2) is 0 Å². The van der Waals surface area contributed by atoms with Crippen molar-refractivity contribution in [3.63, 3.8) is 0 Å². The van der Waals surface area contributed by atoms with Gasteiger partial charge in [-0.25, -0.2) is 4.98 Å². The maximum absolute atomic E-state index is 12.5. The molecule has 2 N–H and O–H groups in total. The quantitative estimate of drug-likeness (QED) is 0.415. The number of aliphatic carboxylic acids is 1. The van der Waals surface area contributed by atoms with Gasteiger partial charge in [0.2, 0.25) is 0 Å². The third-order valence-electron chi connectivity index (χ3n) is 4.83. The molecule has 0 aliphatic heterocycles. The molecule has 1 amide bonds. The standard InChI is InChI=1S/C23H18BrN3O3/c24-17-8-6-16(7-9-17)23(30)26-18-10-11-20-19(12-18)25-14-27(20)21(13-22(28)29)15-4-2-1-3-5-15/h1-12,14,21H,13H2,(H,26,30)(H,28,29). The van der Waals surface area contributed by atoms with E-state index in [-0.39, 0.29) is 18.4 Å². The largest absolute Gasteiger partial charge is 0.481 e. The monoisotopic (exact) mass is 463 g/mol. The fraction of sp³-hybridized carbons (Fsp3) is 0.0870. The number of benzene rings is 3. The fourth-order valence-electron chi connectivity index (χ4n) is 3.38. The molecule has 0 bridgehead atoms. The number of nitrogens with one attached hydrogen (secondary N) is 1. The van der Waals surface area contributed by atoms with Crippen LogP contribution in [0, 0.1) is 0 Å². The molecule has 1 unspecified atom stereocenters. The molecule has 4 aromatic rings. The number of imidazole rings is 1. The predicted molar refractivity (Wildman–Crippen MR) is 119 cm³/mol. The van der Waals surface area contributed by atoms with Crippen molar-refractivity contribution in [3.8, 4) is 0 Å². The van der Waals surface area contributed by atoms with E-state index in [4.69, 9.17) is 0 Å². The van der Waals surface area contributed by atoms with Gasteiger partial charge >= 0.3 is 5.97 Å². The van der Waals surface area contributed by atoms with Crippen LogP contribution >= 0.6 is 15.9 Å². The number of fused-ring (bicyclic) bond motifs is 1. The highest BCUT2D eigenvalue weighted by Gasteiger charge is 2.20. The van der Waals surface area contributed by atoms with E-state index in [9.17, 15) is 14.7 Å². The van der Waals surface area contributed by atoms with Crippen molar-refractivity contribution in [2.75, 3.05) is 5.32 Å². The van der Waals surface area contributed by atoms with Gasteiger partial charge in [0, 0.05) is 15.7 Å². The minimum Gasteiger partial charge on any atom is -0.481 e. The number of aromatic nitrogens is 2. The third-order valence-corrected chi connectivity index (χ3v) is 5.36. The summed E-state index contributed by atoms with van der Waals surface area (Å²) in [5.74, 6) is -1.10. The molecule has 0 spiro atoms. The van der Waals surface area contributed by atoms with Gasteiger partial charge in [-0.05, 0) is 48.0 Å². The van der Waals surface area contributed by atoms with Crippen LogP contribution in [0.5, 0.6) is 0 Å². The van der Waals surface area contributed by atoms with Crippen molar-refractivity contribution < 1.29 is 14.7 Å². The maximum atomic E-state index is 12.5. The highest BCUT2D eigenvalue weighted by molar-refractivity contribution is 9.10. The lowest BCUT2D eigenvalue weighted by atomic mass is 10.0. The van der Waals surface area contributed by atoms with E-state index < -0.39 is 5.97 Å². The number of carboxylic acid groups (broad SMARTS) is 1. The number of carbonyl (C=O) groups is 2. The molecule has 1 aromatic heterocycles. The van der Waals surface area contributed by atoms with Crippen molar-refractivity contribution in [1.29, 1.82) is 0 Å². The number of nitrogens with zero attached hydrogens (tertiary/aromatic N) is 2. The van der Waals surface area contributed by atoms with Crippen LogP contribution in [-0.2, 0) is 4.79 Å². The number of carbonyl (C=O) groups excluding carboxylic acids is 1. The minimum atomic E-state index is -0.885. The van der Waals surface area contributed by atoms with Gasteiger partial charge in [0.05, 0.1) is 29.8 Å². The van der Waals surface area contributed by atoms with E-state index in [1.807, 2.05) is 53.1 Å². The molecule has 0 radical (unpaired) electrons. The lowest BCUT2D eigenvalue weighted by molar-refractivity contribution is -0.137. The van der Waals surface area contributed by atoms with Crippen LogP contribution in [0.2, 0.25) is 0 Å². The molecule has 4 rings (SSSR count). The summed E-state index contributed by atoms with van der Waals surface area (Å²) in [7, 11) is 0. The molecular formula is C23H18BrN3O3. The van der Waals surface area contributed by atoms with Gasteiger partial charge < -0.3 is 15.0 Å². The molecule has 6 nitrogen and oxygen atoms in total. The average Bonchev–Trinajstić information content (AvgIpc) is 3.16. The normalized spacial score (nSPS) is 11.9. The highest BCUT2D eigenvalue weighted by atomic mass is 79.9.